The third-order valence-electron chi connectivity index (χ3n) is 4.43. The molecule has 4 rings (SSSR count). The van der Waals surface area contributed by atoms with Gasteiger partial charge in [-0.05, 0) is 88.8 Å². The van der Waals surface area contributed by atoms with E-state index in [9.17, 15) is 5.11 Å². The normalized spacial score (nSPS) is 10.8. The van der Waals surface area contributed by atoms with Gasteiger partial charge in [-0.25, -0.2) is 0 Å². The van der Waals surface area contributed by atoms with Crippen LogP contribution in [-0.2, 0) is 17.5 Å². The molecule has 29 heavy (non-hydrogen) atoms. The second-order valence-corrected chi connectivity index (χ2v) is 9.67. The maximum atomic E-state index is 9.65. The Bertz CT molecular complexity index is 1030. The van der Waals surface area contributed by atoms with E-state index in [-0.39, 0.29) is 10.9 Å². The van der Waals surface area contributed by atoms with Crippen molar-refractivity contribution in [2.24, 2.45) is 0 Å². The zero-order valence-corrected chi connectivity index (χ0v) is 18.6. The van der Waals surface area contributed by atoms with Crippen molar-refractivity contribution in [3.05, 3.63) is 112 Å². The van der Waals surface area contributed by atoms with E-state index >= 15 is 0 Å². The average molecular weight is 511 g/mol. The molecule has 0 aliphatic carbocycles. The predicted molar refractivity (Wildman–Crippen MR) is 127 cm³/mol. The summed E-state index contributed by atoms with van der Waals surface area (Å²) in [5.41, 5.74) is 1.03. The predicted octanol–water partition coefficient (Wildman–Crippen LogP) is 6.67. The fourth-order valence-corrected chi connectivity index (χ4v) is 5.66. The van der Waals surface area contributed by atoms with E-state index in [4.69, 9.17) is 4.74 Å². The molecule has 4 aromatic rings. The number of phenols is 1. The Morgan fingerprint density at radius 3 is 1.79 bits per heavy atom. The van der Waals surface area contributed by atoms with Crippen molar-refractivity contribution in [2.45, 2.75) is 21.3 Å². The van der Waals surface area contributed by atoms with Crippen molar-refractivity contribution < 1.29 is 9.84 Å². The zero-order chi connectivity index (χ0) is 20.1. The first kappa shape index (κ1) is 19.9. The SMILES string of the molecule is Oc1ccc(COc2ccc([S+](c3ccccc3)c3ccccc3)cc2)cc1I. The molecule has 0 heterocycles. The van der Waals surface area contributed by atoms with E-state index in [1.165, 1.54) is 14.7 Å². The molecule has 1 N–H and O–H groups in total. The van der Waals surface area contributed by atoms with Crippen molar-refractivity contribution in [3.63, 3.8) is 0 Å². The molecule has 0 aromatic heterocycles. The number of hydrogen-bond donors (Lipinski definition) is 1. The van der Waals surface area contributed by atoms with Crippen LogP contribution in [0, 0.1) is 3.57 Å². The Morgan fingerprint density at radius 1 is 0.690 bits per heavy atom. The van der Waals surface area contributed by atoms with Crippen LogP contribution in [-0.4, -0.2) is 5.11 Å². The van der Waals surface area contributed by atoms with Crippen LogP contribution in [0.5, 0.6) is 11.5 Å². The van der Waals surface area contributed by atoms with Crippen molar-refractivity contribution in [3.8, 4) is 11.5 Å². The van der Waals surface area contributed by atoms with E-state index in [2.05, 4.69) is 95.4 Å². The fourth-order valence-electron chi connectivity index (χ4n) is 3.00. The van der Waals surface area contributed by atoms with Crippen LogP contribution in [0.15, 0.2) is 118 Å². The lowest BCUT2D eigenvalue weighted by molar-refractivity contribution is 0.305. The molecular formula is C25H20IO2S+. The molecule has 0 aliphatic heterocycles. The Labute approximate surface area is 187 Å². The van der Waals surface area contributed by atoms with Crippen molar-refractivity contribution >= 4 is 33.5 Å². The second-order valence-electron chi connectivity index (χ2n) is 6.48. The Hall–Kier alpha value is -2.44. The number of benzene rings is 4. The minimum absolute atomic E-state index is 0.153. The van der Waals surface area contributed by atoms with Crippen LogP contribution in [0.4, 0.5) is 0 Å². The van der Waals surface area contributed by atoms with E-state index in [1.807, 2.05) is 24.3 Å². The van der Waals surface area contributed by atoms with Gasteiger partial charge >= 0.3 is 0 Å². The number of aromatic hydroxyl groups is 1. The smallest absolute Gasteiger partial charge is 0.166 e. The molecule has 2 nitrogen and oxygen atoms in total. The van der Waals surface area contributed by atoms with Gasteiger partial charge in [0.05, 0.1) is 14.5 Å². The molecule has 4 heteroatoms. The molecule has 4 aromatic carbocycles. The lowest BCUT2D eigenvalue weighted by Gasteiger charge is -2.10. The van der Waals surface area contributed by atoms with Crippen LogP contribution >= 0.6 is 22.6 Å². The highest BCUT2D eigenvalue weighted by atomic mass is 127. The maximum Gasteiger partial charge on any atom is 0.166 e. The topological polar surface area (TPSA) is 29.5 Å². The van der Waals surface area contributed by atoms with Gasteiger partial charge in [-0.3, -0.25) is 0 Å². The minimum atomic E-state index is -0.153. The number of ether oxygens (including phenoxy) is 1. The van der Waals surface area contributed by atoms with Crippen LogP contribution in [0.25, 0.3) is 0 Å². The summed E-state index contributed by atoms with van der Waals surface area (Å²) >= 11 is 2.12. The van der Waals surface area contributed by atoms with E-state index < -0.39 is 0 Å². The van der Waals surface area contributed by atoms with Gasteiger partial charge in [0.25, 0.3) is 0 Å². The molecule has 0 spiro atoms. The summed E-state index contributed by atoms with van der Waals surface area (Å²) in [6, 6.07) is 35.1. The van der Waals surface area contributed by atoms with Gasteiger partial charge in [-0.15, -0.1) is 0 Å². The molecule has 0 saturated carbocycles. The summed E-state index contributed by atoms with van der Waals surface area (Å²) in [6.07, 6.45) is 0. The molecule has 0 fully saturated rings. The van der Waals surface area contributed by atoms with E-state index in [1.54, 1.807) is 6.07 Å². The summed E-state index contributed by atoms with van der Waals surface area (Å²) in [5, 5.41) is 9.65. The summed E-state index contributed by atoms with van der Waals surface area (Å²) in [6.45, 7) is 0.471. The van der Waals surface area contributed by atoms with Crippen molar-refractivity contribution in [2.75, 3.05) is 0 Å². The van der Waals surface area contributed by atoms with E-state index in [0.717, 1.165) is 14.9 Å². The monoisotopic (exact) mass is 511 g/mol. The van der Waals surface area contributed by atoms with Crippen molar-refractivity contribution in [1.82, 2.24) is 0 Å². The Morgan fingerprint density at radius 2 is 1.24 bits per heavy atom. The van der Waals surface area contributed by atoms with Gasteiger partial charge in [-0.2, -0.15) is 0 Å². The quantitative estimate of drug-likeness (QED) is 0.232. The fraction of sp³-hybridized carbons (Fsp3) is 0.0400. The second kappa shape index (κ2) is 9.37. The molecule has 0 atom stereocenters. The summed E-state index contributed by atoms with van der Waals surface area (Å²) in [7, 11) is -0.153. The number of rotatable bonds is 6. The highest BCUT2D eigenvalue weighted by Gasteiger charge is 2.28. The van der Waals surface area contributed by atoms with E-state index in [0.29, 0.717) is 12.4 Å². The number of halogens is 1. The highest BCUT2D eigenvalue weighted by Crippen LogP contribution is 2.32. The first-order valence-electron chi connectivity index (χ1n) is 9.25. The third-order valence-corrected chi connectivity index (χ3v) is 7.53. The van der Waals surface area contributed by atoms with Gasteiger partial charge in [0, 0.05) is 0 Å². The lowest BCUT2D eigenvalue weighted by Crippen LogP contribution is -2.04. The molecular weight excluding hydrogens is 491 g/mol. The first-order valence-corrected chi connectivity index (χ1v) is 11.6. The van der Waals surface area contributed by atoms with Crippen LogP contribution in [0.1, 0.15) is 5.56 Å². The molecule has 0 aliphatic rings. The maximum absolute atomic E-state index is 9.65. The molecule has 0 saturated heterocycles. The molecule has 0 bridgehead atoms. The minimum Gasteiger partial charge on any atom is -0.507 e. The summed E-state index contributed by atoms with van der Waals surface area (Å²) < 4.78 is 6.78. The third kappa shape index (κ3) is 4.95. The number of hydrogen-bond acceptors (Lipinski definition) is 2. The Balaban J connectivity index is 1.55. The average Bonchev–Trinajstić information content (AvgIpc) is 2.77. The molecule has 0 radical (unpaired) electrons. The van der Waals surface area contributed by atoms with Gasteiger partial charge < -0.3 is 9.84 Å². The van der Waals surface area contributed by atoms with Crippen molar-refractivity contribution in [1.29, 1.82) is 0 Å². The first-order chi connectivity index (χ1) is 14.2. The molecule has 0 unspecified atom stereocenters. The Kier molecular flexibility index (Phi) is 6.42. The van der Waals surface area contributed by atoms with Gasteiger partial charge in [-0.1, -0.05) is 42.5 Å². The van der Waals surface area contributed by atoms with Gasteiger partial charge in [0.1, 0.15) is 18.1 Å². The van der Waals surface area contributed by atoms with Gasteiger partial charge in [0.15, 0.2) is 14.7 Å². The molecule has 0 amide bonds. The van der Waals surface area contributed by atoms with Gasteiger partial charge in [0.2, 0.25) is 0 Å². The lowest BCUT2D eigenvalue weighted by atomic mass is 10.2. The largest absolute Gasteiger partial charge is 0.507 e. The highest BCUT2D eigenvalue weighted by molar-refractivity contribution is 14.1. The standard InChI is InChI=1S/C25H19IO2S/c26-24-17-19(11-16-25(24)27)18-28-20-12-14-23(15-13-20)29(21-7-3-1-4-8-21)22-9-5-2-6-10-22/h1-17H,18H2/p+1. The zero-order valence-electron chi connectivity index (χ0n) is 15.7. The van der Waals surface area contributed by atoms with Crippen LogP contribution in [0.3, 0.4) is 0 Å². The summed E-state index contributed by atoms with van der Waals surface area (Å²) in [4.78, 5) is 3.85. The van der Waals surface area contributed by atoms with Crippen LogP contribution < -0.4 is 4.74 Å². The summed E-state index contributed by atoms with van der Waals surface area (Å²) in [5.74, 6) is 1.13. The molecule has 144 valence electrons. The number of phenolic OH excluding ortho intramolecular Hbond substituents is 1. The van der Waals surface area contributed by atoms with Crippen LogP contribution in [0.2, 0.25) is 0 Å².